The van der Waals surface area contributed by atoms with Gasteiger partial charge in [-0.05, 0) is 51.0 Å². The highest BCUT2D eigenvalue weighted by Gasteiger charge is 2.12. The van der Waals surface area contributed by atoms with Gasteiger partial charge >= 0.3 is 0 Å². The number of nitrogens with one attached hydrogen (secondary N) is 2. The van der Waals surface area contributed by atoms with E-state index in [-0.39, 0.29) is 0 Å². The molecule has 5 nitrogen and oxygen atoms in total. The molecule has 0 unspecified atom stereocenters. The first-order valence-electron chi connectivity index (χ1n) is 10.0. The van der Waals surface area contributed by atoms with Crippen LogP contribution in [0.2, 0.25) is 0 Å². The van der Waals surface area contributed by atoms with Gasteiger partial charge < -0.3 is 15.5 Å². The molecule has 3 aromatic rings. The van der Waals surface area contributed by atoms with Gasteiger partial charge in [0.15, 0.2) is 0 Å². The quantitative estimate of drug-likeness (QED) is 0.613. The molecule has 4 rings (SSSR count). The maximum absolute atomic E-state index is 4.73. The molecule has 0 atom stereocenters. The average Bonchev–Trinajstić information content (AvgIpc) is 3.23. The molecule has 1 aliphatic heterocycles. The Balaban J connectivity index is 1.59. The van der Waals surface area contributed by atoms with Gasteiger partial charge in [-0.2, -0.15) is 4.98 Å². The van der Waals surface area contributed by atoms with Gasteiger partial charge in [0, 0.05) is 42.1 Å². The average molecular weight is 374 g/mol. The molecular formula is C23H27N5. The monoisotopic (exact) mass is 373 g/mol. The van der Waals surface area contributed by atoms with Gasteiger partial charge in [-0.25, -0.2) is 4.98 Å². The molecule has 144 valence electrons. The normalized spacial score (nSPS) is 13.8. The van der Waals surface area contributed by atoms with Crippen LogP contribution in [-0.2, 0) is 0 Å². The molecular weight excluding hydrogens is 346 g/mol. The second-order valence-electron chi connectivity index (χ2n) is 7.49. The van der Waals surface area contributed by atoms with Crippen molar-refractivity contribution in [1.29, 1.82) is 0 Å². The van der Waals surface area contributed by atoms with Crippen LogP contribution >= 0.6 is 0 Å². The standard InChI is InChI=1S/C23H27N5/c1-17(2)24-22-16-21(18-8-4-3-5-9-18)26-23(27-22)25-19-10-12-20(13-11-19)28-14-6-7-15-28/h3-5,8-13,16-17H,6-7,14-15H2,1-2H3,(H2,24,25,26,27). The summed E-state index contributed by atoms with van der Waals surface area (Å²) in [6.45, 7) is 6.52. The van der Waals surface area contributed by atoms with Gasteiger partial charge in [-0.15, -0.1) is 0 Å². The molecule has 1 aliphatic rings. The number of hydrogen-bond donors (Lipinski definition) is 2. The van der Waals surface area contributed by atoms with Crippen molar-refractivity contribution in [2.75, 3.05) is 28.6 Å². The molecule has 0 spiro atoms. The Bertz CT molecular complexity index is 900. The van der Waals surface area contributed by atoms with E-state index in [0.717, 1.165) is 35.9 Å². The Morgan fingerprint density at radius 2 is 1.61 bits per heavy atom. The lowest BCUT2D eigenvalue weighted by Crippen LogP contribution is -2.17. The molecule has 0 saturated carbocycles. The van der Waals surface area contributed by atoms with Crippen molar-refractivity contribution >= 4 is 23.1 Å². The molecule has 28 heavy (non-hydrogen) atoms. The molecule has 1 saturated heterocycles. The maximum atomic E-state index is 4.73. The van der Waals surface area contributed by atoms with E-state index in [1.54, 1.807) is 0 Å². The van der Waals surface area contributed by atoms with Crippen LogP contribution in [0.3, 0.4) is 0 Å². The van der Waals surface area contributed by atoms with Crippen molar-refractivity contribution in [1.82, 2.24) is 9.97 Å². The molecule has 1 aromatic heterocycles. The van der Waals surface area contributed by atoms with E-state index in [2.05, 4.69) is 70.8 Å². The van der Waals surface area contributed by atoms with Crippen molar-refractivity contribution in [3.8, 4) is 11.3 Å². The van der Waals surface area contributed by atoms with Crippen molar-refractivity contribution < 1.29 is 0 Å². The fourth-order valence-electron chi connectivity index (χ4n) is 3.49. The highest BCUT2D eigenvalue weighted by Crippen LogP contribution is 2.26. The Kier molecular flexibility index (Phi) is 5.42. The Morgan fingerprint density at radius 1 is 0.893 bits per heavy atom. The molecule has 2 aromatic carbocycles. The summed E-state index contributed by atoms with van der Waals surface area (Å²) in [5.74, 6) is 1.42. The van der Waals surface area contributed by atoms with Gasteiger partial charge in [0.25, 0.3) is 0 Å². The van der Waals surface area contributed by atoms with Crippen LogP contribution in [-0.4, -0.2) is 29.1 Å². The number of anilines is 4. The maximum Gasteiger partial charge on any atom is 0.229 e. The predicted molar refractivity (Wildman–Crippen MR) is 117 cm³/mol. The van der Waals surface area contributed by atoms with Crippen LogP contribution in [0.4, 0.5) is 23.1 Å². The first kappa shape index (κ1) is 18.3. The van der Waals surface area contributed by atoms with Gasteiger partial charge in [0.2, 0.25) is 5.95 Å². The third-order valence-electron chi connectivity index (χ3n) is 4.83. The Labute approximate surface area is 166 Å². The fraction of sp³-hybridized carbons (Fsp3) is 0.304. The van der Waals surface area contributed by atoms with Crippen LogP contribution in [0.1, 0.15) is 26.7 Å². The van der Waals surface area contributed by atoms with Crippen LogP contribution in [0, 0.1) is 0 Å². The number of rotatable bonds is 6. The van der Waals surface area contributed by atoms with Crippen molar-refractivity contribution in [2.24, 2.45) is 0 Å². The van der Waals surface area contributed by atoms with Crippen LogP contribution in [0.25, 0.3) is 11.3 Å². The van der Waals surface area contributed by atoms with Gasteiger partial charge in [0.1, 0.15) is 5.82 Å². The molecule has 0 aliphatic carbocycles. The summed E-state index contributed by atoms with van der Waals surface area (Å²) in [5, 5.41) is 6.75. The molecule has 0 amide bonds. The van der Waals surface area contributed by atoms with E-state index in [0.29, 0.717) is 12.0 Å². The van der Waals surface area contributed by atoms with Crippen molar-refractivity contribution in [2.45, 2.75) is 32.7 Å². The number of nitrogens with zero attached hydrogens (tertiary/aromatic N) is 3. The predicted octanol–water partition coefficient (Wildman–Crippen LogP) is 5.31. The summed E-state index contributed by atoms with van der Waals surface area (Å²) >= 11 is 0. The van der Waals surface area contributed by atoms with Crippen LogP contribution in [0.15, 0.2) is 60.7 Å². The van der Waals surface area contributed by atoms with E-state index in [4.69, 9.17) is 4.98 Å². The lowest BCUT2D eigenvalue weighted by atomic mass is 10.1. The summed E-state index contributed by atoms with van der Waals surface area (Å²) in [6, 6.07) is 21.0. The van der Waals surface area contributed by atoms with E-state index in [1.165, 1.54) is 18.5 Å². The largest absolute Gasteiger partial charge is 0.372 e. The summed E-state index contributed by atoms with van der Waals surface area (Å²) < 4.78 is 0. The lowest BCUT2D eigenvalue weighted by Gasteiger charge is -2.18. The molecule has 0 radical (unpaired) electrons. The van der Waals surface area contributed by atoms with Gasteiger partial charge in [-0.1, -0.05) is 30.3 Å². The second kappa shape index (κ2) is 8.30. The molecule has 2 N–H and O–H groups in total. The lowest BCUT2D eigenvalue weighted by molar-refractivity contribution is 0.887. The first-order valence-corrected chi connectivity index (χ1v) is 10.0. The van der Waals surface area contributed by atoms with Crippen LogP contribution in [0.5, 0.6) is 0 Å². The highest BCUT2D eigenvalue weighted by atomic mass is 15.2. The first-order chi connectivity index (χ1) is 13.7. The number of hydrogen-bond acceptors (Lipinski definition) is 5. The van der Waals surface area contributed by atoms with Crippen LogP contribution < -0.4 is 15.5 Å². The third-order valence-corrected chi connectivity index (χ3v) is 4.83. The Morgan fingerprint density at radius 3 is 2.29 bits per heavy atom. The highest BCUT2D eigenvalue weighted by molar-refractivity contribution is 5.67. The van der Waals surface area contributed by atoms with Gasteiger partial charge in [0.05, 0.1) is 5.69 Å². The van der Waals surface area contributed by atoms with Crippen molar-refractivity contribution in [3.63, 3.8) is 0 Å². The minimum atomic E-state index is 0.297. The zero-order valence-electron chi connectivity index (χ0n) is 16.5. The van der Waals surface area contributed by atoms with E-state index in [9.17, 15) is 0 Å². The molecule has 2 heterocycles. The summed E-state index contributed by atoms with van der Waals surface area (Å²) in [4.78, 5) is 11.8. The minimum Gasteiger partial charge on any atom is -0.372 e. The summed E-state index contributed by atoms with van der Waals surface area (Å²) in [7, 11) is 0. The molecule has 1 fully saturated rings. The number of benzene rings is 2. The van der Waals surface area contributed by atoms with E-state index >= 15 is 0 Å². The van der Waals surface area contributed by atoms with E-state index in [1.807, 2.05) is 24.3 Å². The topological polar surface area (TPSA) is 53.1 Å². The molecule has 5 heteroatoms. The van der Waals surface area contributed by atoms with E-state index < -0.39 is 0 Å². The molecule has 0 bridgehead atoms. The van der Waals surface area contributed by atoms with Gasteiger partial charge in [-0.3, -0.25) is 0 Å². The fourth-order valence-corrected chi connectivity index (χ4v) is 3.49. The third kappa shape index (κ3) is 4.42. The second-order valence-corrected chi connectivity index (χ2v) is 7.49. The summed E-state index contributed by atoms with van der Waals surface area (Å²) in [6.07, 6.45) is 2.57. The zero-order valence-corrected chi connectivity index (χ0v) is 16.5. The summed E-state index contributed by atoms with van der Waals surface area (Å²) in [5.41, 5.74) is 4.24. The van der Waals surface area contributed by atoms with Crippen molar-refractivity contribution in [3.05, 3.63) is 60.7 Å². The SMILES string of the molecule is CC(C)Nc1cc(-c2ccccc2)nc(Nc2ccc(N3CCCC3)cc2)n1. The zero-order chi connectivity index (χ0) is 19.3. The number of aromatic nitrogens is 2. The smallest absolute Gasteiger partial charge is 0.229 e. The minimum absolute atomic E-state index is 0.297. The Hall–Kier alpha value is -3.08.